The van der Waals surface area contributed by atoms with E-state index in [0.29, 0.717) is 34.4 Å². The Morgan fingerprint density at radius 1 is 1.00 bits per heavy atom. The normalized spacial score (nSPS) is 11.0. The zero-order valence-corrected chi connectivity index (χ0v) is 19.3. The number of hydrogen-bond acceptors (Lipinski definition) is 5. The SMILES string of the molecule is CNC(=O)c1ccc(Cn2nc(C)c(-c3c(C(N)=O)nc4cc(F)ccc4c3C(N)=O)c2C)cc1. The number of aromatic nitrogens is 3. The van der Waals surface area contributed by atoms with Gasteiger partial charge in [-0.05, 0) is 43.7 Å². The quantitative estimate of drug-likeness (QED) is 0.393. The molecular formula is C25H23FN6O3. The number of pyridine rings is 1. The number of amides is 3. The molecule has 178 valence electrons. The third-order valence-electron chi connectivity index (χ3n) is 5.83. The van der Waals surface area contributed by atoms with Crippen molar-refractivity contribution < 1.29 is 18.8 Å². The maximum atomic E-state index is 13.8. The van der Waals surface area contributed by atoms with Gasteiger partial charge in [0.05, 0.1) is 23.3 Å². The lowest BCUT2D eigenvalue weighted by Crippen LogP contribution is -2.21. The van der Waals surface area contributed by atoms with Crippen LogP contribution in [0.3, 0.4) is 0 Å². The molecule has 0 atom stereocenters. The van der Waals surface area contributed by atoms with Gasteiger partial charge in [0.2, 0.25) is 5.91 Å². The molecule has 0 aliphatic rings. The number of rotatable bonds is 6. The molecule has 4 aromatic rings. The molecule has 0 saturated heterocycles. The first-order valence-corrected chi connectivity index (χ1v) is 10.7. The van der Waals surface area contributed by atoms with Crippen LogP contribution in [0.25, 0.3) is 22.0 Å². The molecule has 3 amide bonds. The van der Waals surface area contributed by atoms with E-state index >= 15 is 0 Å². The Balaban J connectivity index is 1.89. The Labute approximate surface area is 199 Å². The van der Waals surface area contributed by atoms with Crippen LogP contribution >= 0.6 is 0 Å². The van der Waals surface area contributed by atoms with Gasteiger partial charge >= 0.3 is 0 Å². The second-order valence-corrected chi connectivity index (χ2v) is 8.08. The number of carbonyl (C=O) groups excluding carboxylic acids is 3. The van der Waals surface area contributed by atoms with Gasteiger partial charge in [0, 0.05) is 40.9 Å². The number of nitrogens with two attached hydrogens (primary N) is 2. The smallest absolute Gasteiger partial charge is 0.267 e. The molecule has 0 aliphatic heterocycles. The molecule has 2 aromatic carbocycles. The fourth-order valence-corrected chi connectivity index (χ4v) is 4.21. The van der Waals surface area contributed by atoms with Crippen LogP contribution in [0.5, 0.6) is 0 Å². The highest BCUT2D eigenvalue weighted by Gasteiger charge is 2.27. The molecule has 0 fully saturated rings. The molecular weight excluding hydrogens is 451 g/mol. The topological polar surface area (TPSA) is 146 Å². The van der Waals surface area contributed by atoms with E-state index in [4.69, 9.17) is 11.5 Å². The average Bonchev–Trinajstić information content (AvgIpc) is 3.09. The Morgan fingerprint density at radius 3 is 2.29 bits per heavy atom. The van der Waals surface area contributed by atoms with Gasteiger partial charge in [0.15, 0.2) is 0 Å². The number of aryl methyl sites for hydroxylation is 1. The molecule has 4 rings (SSSR count). The van der Waals surface area contributed by atoms with Crippen molar-refractivity contribution in [1.82, 2.24) is 20.1 Å². The van der Waals surface area contributed by atoms with Crippen molar-refractivity contribution in [2.45, 2.75) is 20.4 Å². The van der Waals surface area contributed by atoms with Crippen LogP contribution in [0.1, 0.15) is 48.2 Å². The number of benzene rings is 2. The predicted molar refractivity (Wildman–Crippen MR) is 128 cm³/mol. The summed E-state index contributed by atoms with van der Waals surface area (Å²) in [5.74, 6) is -2.46. The van der Waals surface area contributed by atoms with Crippen LogP contribution in [0.15, 0.2) is 42.5 Å². The molecule has 2 heterocycles. The van der Waals surface area contributed by atoms with Crippen molar-refractivity contribution >= 4 is 28.6 Å². The minimum Gasteiger partial charge on any atom is -0.366 e. The Hall–Kier alpha value is -4.60. The van der Waals surface area contributed by atoms with E-state index in [-0.39, 0.29) is 28.2 Å². The minimum atomic E-state index is -0.884. The van der Waals surface area contributed by atoms with Gasteiger partial charge < -0.3 is 16.8 Å². The average molecular weight is 474 g/mol. The molecule has 2 aromatic heterocycles. The zero-order valence-electron chi connectivity index (χ0n) is 19.3. The van der Waals surface area contributed by atoms with Crippen molar-refractivity contribution in [3.8, 4) is 11.1 Å². The van der Waals surface area contributed by atoms with E-state index in [1.807, 2.05) is 12.1 Å². The second kappa shape index (κ2) is 8.98. The first-order chi connectivity index (χ1) is 16.6. The van der Waals surface area contributed by atoms with E-state index in [1.165, 1.54) is 12.1 Å². The molecule has 0 bridgehead atoms. The van der Waals surface area contributed by atoms with Gasteiger partial charge in [-0.2, -0.15) is 5.10 Å². The molecule has 0 spiro atoms. The lowest BCUT2D eigenvalue weighted by atomic mass is 9.92. The first-order valence-electron chi connectivity index (χ1n) is 10.7. The van der Waals surface area contributed by atoms with E-state index in [9.17, 15) is 18.8 Å². The third kappa shape index (κ3) is 4.21. The lowest BCUT2D eigenvalue weighted by Gasteiger charge is -2.15. The largest absolute Gasteiger partial charge is 0.366 e. The molecule has 5 N–H and O–H groups in total. The Bertz CT molecular complexity index is 1510. The molecule has 0 radical (unpaired) electrons. The molecule has 0 unspecified atom stereocenters. The Morgan fingerprint density at radius 2 is 1.69 bits per heavy atom. The summed E-state index contributed by atoms with van der Waals surface area (Å²) in [6.07, 6.45) is 0. The summed E-state index contributed by atoms with van der Waals surface area (Å²) >= 11 is 0. The van der Waals surface area contributed by atoms with Crippen molar-refractivity contribution in [2.24, 2.45) is 11.5 Å². The number of nitrogens with zero attached hydrogens (tertiary/aromatic N) is 3. The van der Waals surface area contributed by atoms with E-state index < -0.39 is 17.6 Å². The minimum absolute atomic E-state index is 0.0180. The number of fused-ring (bicyclic) bond motifs is 1. The highest BCUT2D eigenvalue weighted by atomic mass is 19.1. The first kappa shape index (κ1) is 23.6. The summed E-state index contributed by atoms with van der Waals surface area (Å²) in [7, 11) is 1.56. The number of hydrogen-bond donors (Lipinski definition) is 3. The van der Waals surface area contributed by atoms with Crippen LogP contribution in [0, 0.1) is 19.7 Å². The van der Waals surface area contributed by atoms with E-state index in [1.54, 1.807) is 37.7 Å². The van der Waals surface area contributed by atoms with Crippen molar-refractivity contribution in [1.29, 1.82) is 0 Å². The van der Waals surface area contributed by atoms with E-state index in [0.717, 1.165) is 11.6 Å². The second-order valence-electron chi connectivity index (χ2n) is 8.08. The van der Waals surface area contributed by atoms with E-state index in [2.05, 4.69) is 15.4 Å². The maximum absolute atomic E-state index is 13.8. The van der Waals surface area contributed by atoms with Crippen molar-refractivity contribution in [3.63, 3.8) is 0 Å². The summed E-state index contributed by atoms with van der Waals surface area (Å²) in [6.45, 7) is 3.89. The van der Waals surface area contributed by atoms with Gasteiger partial charge in [0.25, 0.3) is 11.8 Å². The summed E-state index contributed by atoms with van der Waals surface area (Å²) in [6, 6.07) is 10.8. The zero-order chi connectivity index (χ0) is 25.4. The summed E-state index contributed by atoms with van der Waals surface area (Å²) in [5, 5.41) is 7.47. The monoisotopic (exact) mass is 474 g/mol. The fraction of sp³-hybridized carbons (Fsp3) is 0.160. The summed E-state index contributed by atoms with van der Waals surface area (Å²) < 4.78 is 15.6. The molecule has 0 saturated carbocycles. The van der Waals surface area contributed by atoms with Crippen LogP contribution in [0.4, 0.5) is 4.39 Å². The number of halogens is 1. The standard InChI is InChI=1S/C25H23FN6O3/c1-12-19(13(2)32(31-12)11-14-4-6-15(7-5-14)25(35)29-3)21-20(23(27)33)17-9-8-16(26)10-18(17)30-22(21)24(28)34/h4-10H,11H2,1-3H3,(H2,27,33)(H2,28,34)(H,29,35). The number of carbonyl (C=O) groups is 3. The highest BCUT2D eigenvalue weighted by molar-refractivity contribution is 6.15. The number of nitrogens with one attached hydrogen (secondary N) is 1. The molecule has 9 nitrogen and oxygen atoms in total. The lowest BCUT2D eigenvalue weighted by molar-refractivity contribution is 0.0960. The van der Waals surface area contributed by atoms with Crippen LogP contribution in [-0.4, -0.2) is 39.5 Å². The van der Waals surface area contributed by atoms with Crippen molar-refractivity contribution in [2.75, 3.05) is 7.05 Å². The number of primary amides is 2. The fourth-order valence-electron chi connectivity index (χ4n) is 4.21. The van der Waals surface area contributed by atoms with Gasteiger partial charge in [0.1, 0.15) is 11.5 Å². The van der Waals surface area contributed by atoms with Gasteiger partial charge in [-0.15, -0.1) is 0 Å². The van der Waals surface area contributed by atoms with Crippen LogP contribution in [-0.2, 0) is 6.54 Å². The van der Waals surface area contributed by atoms with Gasteiger partial charge in [-0.1, -0.05) is 12.1 Å². The maximum Gasteiger partial charge on any atom is 0.267 e. The van der Waals surface area contributed by atoms with Crippen LogP contribution < -0.4 is 16.8 Å². The van der Waals surface area contributed by atoms with Gasteiger partial charge in [-0.25, -0.2) is 9.37 Å². The molecule has 0 aliphatic carbocycles. The molecule has 35 heavy (non-hydrogen) atoms. The predicted octanol–water partition coefficient (Wildman–Crippen LogP) is 2.46. The van der Waals surface area contributed by atoms with Crippen LogP contribution in [0.2, 0.25) is 0 Å². The summed E-state index contributed by atoms with van der Waals surface area (Å²) in [4.78, 5) is 41.0. The highest BCUT2D eigenvalue weighted by Crippen LogP contribution is 2.36. The Kier molecular flexibility index (Phi) is 6.04. The summed E-state index contributed by atoms with van der Waals surface area (Å²) in [5.41, 5.74) is 14.5. The third-order valence-corrected chi connectivity index (χ3v) is 5.83. The molecule has 10 heteroatoms. The van der Waals surface area contributed by atoms with Crippen molar-refractivity contribution in [3.05, 3.63) is 82.1 Å². The van der Waals surface area contributed by atoms with Gasteiger partial charge in [-0.3, -0.25) is 19.1 Å².